The number of ether oxygens (including phenoxy) is 1. The van der Waals surface area contributed by atoms with Crippen molar-refractivity contribution in [2.24, 2.45) is 0 Å². The van der Waals surface area contributed by atoms with E-state index in [0.717, 1.165) is 17.3 Å². The van der Waals surface area contributed by atoms with Gasteiger partial charge in [-0.15, -0.1) is 0 Å². The fraction of sp³-hybridized carbons (Fsp3) is 0.400. The molecule has 162 valence electrons. The molecule has 0 bridgehead atoms. The Labute approximate surface area is 183 Å². The molecule has 3 rings (SSSR count). The lowest BCUT2D eigenvalue weighted by Crippen LogP contribution is -2.50. The van der Waals surface area contributed by atoms with Gasteiger partial charge in [-0.1, -0.05) is 6.07 Å². The van der Waals surface area contributed by atoms with Gasteiger partial charge in [-0.25, -0.2) is 13.4 Å². The van der Waals surface area contributed by atoms with Gasteiger partial charge in [0.25, 0.3) is 0 Å². The highest BCUT2D eigenvalue weighted by molar-refractivity contribution is 7.89. The number of hydrogen-bond acceptors (Lipinski definition) is 6. The molecule has 30 heavy (non-hydrogen) atoms. The molecule has 0 atom stereocenters. The highest BCUT2D eigenvalue weighted by atomic mass is 32.2. The molecule has 2 aromatic rings. The highest BCUT2D eigenvalue weighted by Crippen LogP contribution is 2.16. The second kappa shape index (κ2) is 10.6. The number of anilines is 2. The predicted octanol–water partition coefficient (Wildman–Crippen LogP) is 1.92. The predicted molar refractivity (Wildman–Crippen MR) is 124 cm³/mol. The van der Waals surface area contributed by atoms with Crippen LogP contribution in [0.3, 0.4) is 0 Å². The Kier molecular flexibility index (Phi) is 7.83. The third kappa shape index (κ3) is 6.28. The van der Waals surface area contributed by atoms with Crippen LogP contribution < -0.4 is 20.3 Å². The number of benzene rings is 1. The van der Waals surface area contributed by atoms with Gasteiger partial charge in [0.1, 0.15) is 11.6 Å². The van der Waals surface area contributed by atoms with Crippen molar-refractivity contribution in [3.8, 4) is 5.75 Å². The van der Waals surface area contributed by atoms with E-state index in [1.54, 1.807) is 6.20 Å². The Balaban J connectivity index is 1.41. The summed E-state index contributed by atoms with van der Waals surface area (Å²) in [7, 11) is -3.35. The lowest BCUT2D eigenvalue weighted by Gasteiger charge is -2.34. The molecular formula is C20H27N5O3S2. The van der Waals surface area contributed by atoms with E-state index in [0.29, 0.717) is 37.9 Å². The summed E-state index contributed by atoms with van der Waals surface area (Å²) >= 11 is 5.26. The Bertz CT molecular complexity index is 915. The van der Waals surface area contributed by atoms with Gasteiger partial charge in [-0.3, -0.25) is 0 Å². The summed E-state index contributed by atoms with van der Waals surface area (Å²) in [6.07, 6.45) is 1.74. The highest BCUT2D eigenvalue weighted by Gasteiger charge is 2.27. The van der Waals surface area contributed by atoms with Crippen LogP contribution in [-0.2, 0) is 10.0 Å². The van der Waals surface area contributed by atoms with Gasteiger partial charge in [-0.05, 0) is 55.5 Å². The Morgan fingerprint density at radius 2 is 1.87 bits per heavy atom. The van der Waals surface area contributed by atoms with Crippen molar-refractivity contribution < 1.29 is 13.2 Å². The zero-order chi connectivity index (χ0) is 21.4. The van der Waals surface area contributed by atoms with Crippen LogP contribution in [0.5, 0.6) is 5.75 Å². The summed E-state index contributed by atoms with van der Waals surface area (Å²) in [5.41, 5.74) is 0.810. The molecule has 0 amide bonds. The standard InChI is InChI=1S/C20H27N5O3S2/c1-2-28-18-8-6-17(7-9-18)23-20(29)22-11-16-30(26,27)25-14-12-24(13-15-25)19-5-3-4-10-21-19/h3-10H,2,11-16H2,1H3,(H2,22,23,29). The van der Waals surface area contributed by atoms with Crippen LogP contribution in [0, 0.1) is 0 Å². The number of thiocarbonyl (C=S) groups is 1. The van der Waals surface area contributed by atoms with Crippen LogP contribution in [0.1, 0.15) is 6.92 Å². The normalized spacial score (nSPS) is 14.9. The molecule has 10 heteroatoms. The molecule has 0 aliphatic carbocycles. The molecule has 0 saturated carbocycles. The van der Waals surface area contributed by atoms with Crippen molar-refractivity contribution in [1.29, 1.82) is 0 Å². The average molecular weight is 450 g/mol. The van der Waals surface area contributed by atoms with E-state index in [4.69, 9.17) is 17.0 Å². The SMILES string of the molecule is CCOc1ccc(NC(=S)NCCS(=O)(=O)N2CCN(c3ccccn3)CC2)cc1. The molecule has 2 N–H and O–H groups in total. The molecular weight excluding hydrogens is 422 g/mol. The minimum Gasteiger partial charge on any atom is -0.494 e. The van der Waals surface area contributed by atoms with Crippen molar-refractivity contribution in [3.63, 3.8) is 0 Å². The molecule has 1 aromatic heterocycles. The summed E-state index contributed by atoms with van der Waals surface area (Å²) in [6.45, 7) is 4.94. The van der Waals surface area contributed by atoms with Gasteiger partial charge in [0.15, 0.2) is 5.11 Å². The van der Waals surface area contributed by atoms with Crippen LogP contribution in [0.15, 0.2) is 48.7 Å². The van der Waals surface area contributed by atoms with Crippen molar-refractivity contribution >= 4 is 38.9 Å². The maximum absolute atomic E-state index is 12.6. The molecule has 0 unspecified atom stereocenters. The molecule has 1 aliphatic rings. The molecule has 1 aromatic carbocycles. The van der Waals surface area contributed by atoms with Gasteiger partial charge in [0, 0.05) is 44.6 Å². The smallest absolute Gasteiger partial charge is 0.215 e. The number of pyridine rings is 1. The van der Waals surface area contributed by atoms with E-state index in [1.165, 1.54) is 4.31 Å². The van der Waals surface area contributed by atoms with E-state index in [1.807, 2.05) is 49.4 Å². The van der Waals surface area contributed by atoms with Gasteiger partial charge < -0.3 is 20.3 Å². The van der Waals surface area contributed by atoms with E-state index >= 15 is 0 Å². The van der Waals surface area contributed by atoms with Gasteiger partial charge in [0.2, 0.25) is 10.0 Å². The number of nitrogens with one attached hydrogen (secondary N) is 2. The number of piperazine rings is 1. The van der Waals surface area contributed by atoms with Crippen molar-refractivity contribution in [2.45, 2.75) is 6.92 Å². The molecule has 1 fully saturated rings. The second-order valence-electron chi connectivity index (χ2n) is 6.73. The topological polar surface area (TPSA) is 86.8 Å². The number of sulfonamides is 1. The number of rotatable bonds is 8. The third-order valence-electron chi connectivity index (χ3n) is 4.67. The van der Waals surface area contributed by atoms with Gasteiger partial charge in [0.05, 0.1) is 12.4 Å². The Morgan fingerprint density at radius 1 is 1.13 bits per heavy atom. The molecule has 1 aliphatic heterocycles. The average Bonchev–Trinajstić information content (AvgIpc) is 2.76. The van der Waals surface area contributed by atoms with E-state index in [9.17, 15) is 8.42 Å². The Morgan fingerprint density at radius 3 is 2.50 bits per heavy atom. The summed E-state index contributed by atoms with van der Waals surface area (Å²) in [5, 5.41) is 6.39. The maximum atomic E-state index is 12.6. The van der Waals surface area contributed by atoms with Crippen molar-refractivity contribution in [2.75, 3.05) is 55.3 Å². The first-order valence-corrected chi connectivity index (χ1v) is 11.9. The zero-order valence-electron chi connectivity index (χ0n) is 17.0. The number of hydrogen-bond donors (Lipinski definition) is 2. The van der Waals surface area contributed by atoms with E-state index < -0.39 is 10.0 Å². The van der Waals surface area contributed by atoms with Crippen LogP contribution in [0.4, 0.5) is 11.5 Å². The third-order valence-corrected chi connectivity index (χ3v) is 6.79. The molecule has 2 heterocycles. The molecule has 0 radical (unpaired) electrons. The molecule has 8 nitrogen and oxygen atoms in total. The summed E-state index contributed by atoms with van der Waals surface area (Å²) in [4.78, 5) is 6.42. The summed E-state index contributed by atoms with van der Waals surface area (Å²) in [5.74, 6) is 1.65. The minimum atomic E-state index is -3.35. The van der Waals surface area contributed by atoms with Gasteiger partial charge >= 0.3 is 0 Å². The lowest BCUT2D eigenvalue weighted by atomic mass is 10.3. The van der Waals surface area contributed by atoms with Crippen LogP contribution in [-0.4, -0.2) is 67.9 Å². The number of aromatic nitrogens is 1. The fourth-order valence-corrected chi connectivity index (χ4v) is 4.69. The lowest BCUT2D eigenvalue weighted by molar-refractivity contribution is 0.340. The first kappa shape index (κ1) is 22.3. The number of nitrogens with zero attached hydrogens (tertiary/aromatic N) is 3. The second-order valence-corrected chi connectivity index (χ2v) is 9.23. The van der Waals surface area contributed by atoms with E-state index in [-0.39, 0.29) is 12.3 Å². The van der Waals surface area contributed by atoms with Crippen LogP contribution in [0.25, 0.3) is 0 Å². The quantitative estimate of drug-likeness (QED) is 0.591. The largest absolute Gasteiger partial charge is 0.494 e. The summed E-state index contributed by atoms with van der Waals surface area (Å²) < 4.78 is 32.2. The molecule has 0 spiro atoms. The molecule has 1 saturated heterocycles. The van der Waals surface area contributed by atoms with Crippen LogP contribution in [0.2, 0.25) is 0 Å². The minimum absolute atomic E-state index is 0.0122. The van der Waals surface area contributed by atoms with Crippen molar-refractivity contribution in [3.05, 3.63) is 48.7 Å². The monoisotopic (exact) mass is 449 g/mol. The first-order chi connectivity index (χ1) is 14.5. The Hall–Kier alpha value is -2.43. The van der Waals surface area contributed by atoms with E-state index in [2.05, 4.69) is 20.5 Å². The van der Waals surface area contributed by atoms with Gasteiger partial charge in [-0.2, -0.15) is 4.31 Å². The fourth-order valence-electron chi connectivity index (χ4n) is 3.14. The first-order valence-electron chi connectivity index (χ1n) is 9.89. The van der Waals surface area contributed by atoms with Crippen molar-refractivity contribution in [1.82, 2.24) is 14.6 Å². The van der Waals surface area contributed by atoms with Crippen LogP contribution >= 0.6 is 12.2 Å². The maximum Gasteiger partial charge on any atom is 0.215 e. The summed E-state index contributed by atoms with van der Waals surface area (Å²) in [6, 6.07) is 13.2. The zero-order valence-corrected chi connectivity index (χ0v) is 18.6.